The number of amides is 1. The average Bonchev–Trinajstić information content (AvgIpc) is 2.71. The Morgan fingerprint density at radius 1 is 0.929 bits per heavy atom. The topological polar surface area (TPSA) is 74.3 Å². The molecule has 0 aromatic heterocycles. The van der Waals surface area contributed by atoms with Gasteiger partial charge in [-0.15, -0.1) is 0 Å². The fourth-order valence-corrected chi connectivity index (χ4v) is 2.70. The van der Waals surface area contributed by atoms with Crippen molar-refractivity contribution in [1.82, 2.24) is 4.90 Å². The predicted molar refractivity (Wildman–Crippen MR) is 104 cm³/mol. The van der Waals surface area contributed by atoms with Crippen LogP contribution in [0, 0.1) is 0 Å². The molecule has 150 valence electrons. The Morgan fingerprint density at radius 2 is 1.50 bits per heavy atom. The maximum absolute atomic E-state index is 12.6. The molecule has 0 saturated heterocycles. The van der Waals surface area contributed by atoms with E-state index in [1.54, 1.807) is 50.5 Å². The van der Waals surface area contributed by atoms with E-state index in [0.717, 1.165) is 0 Å². The number of methoxy groups -OCH3 is 3. The summed E-state index contributed by atoms with van der Waals surface area (Å²) in [6, 6.07) is 12.3. The Morgan fingerprint density at radius 3 is 1.96 bits per heavy atom. The molecule has 0 fully saturated rings. The van der Waals surface area contributed by atoms with Crippen LogP contribution in [-0.2, 0) is 20.7 Å². The number of esters is 1. The van der Waals surface area contributed by atoms with Gasteiger partial charge in [-0.2, -0.15) is 0 Å². The van der Waals surface area contributed by atoms with Crippen LogP contribution in [0.3, 0.4) is 0 Å². The van der Waals surface area contributed by atoms with Gasteiger partial charge in [0.15, 0.2) is 11.5 Å². The smallest absolute Gasteiger partial charge is 0.311 e. The van der Waals surface area contributed by atoms with Crippen molar-refractivity contribution < 1.29 is 28.5 Å². The Hall–Kier alpha value is -3.22. The van der Waals surface area contributed by atoms with Crippen LogP contribution in [0.4, 0.5) is 0 Å². The number of hydrogen-bond acceptors (Lipinski definition) is 6. The second kappa shape index (κ2) is 9.64. The van der Waals surface area contributed by atoms with Crippen molar-refractivity contribution >= 4 is 11.9 Å². The molecule has 0 N–H and O–H groups in total. The largest absolute Gasteiger partial charge is 0.493 e. The van der Waals surface area contributed by atoms with E-state index in [0.29, 0.717) is 28.4 Å². The number of hydrogen-bond donors (Lipinski definition) is 0. The zero-order valence-electron chi connectivity index (χ0n) is 16.7. The predicted octanol–water partition coefficient (Wildman–Crippen LogP) is 2.63. The number of carbonyl (C=O) groups is 2. The van der Waals surface area contributed by atoms with Crippen molar-refractivity contribution in [2.75, 3.05) is 35.4 Å². The van der Waals surface area contributed by atoms with E-state index in [1.807, 2.05) is 6.07 Å². The third-order valence-electron chi connectivity index (χ3n) is 4.09. The zero-order chi connectivity index (χ0) is 20.7. The highest BCUT2D eigenvalue weighted by molar-refractivity contribution is 5.85. The normalized spacial score (nSPS) is 11.3. The number of benzene rings is 2. The van der Waals surface area contributed by atoms with Gasteiger partial charge in [0.2, 0.25) is 11.9 Å². The van der Waals surface area contributed by atoms with Gasteiger partial charge in [-0.25, -0.2) is 0 Å². The summed E-state index contributed by atoms with van der Waals surface area (Å²) < 4.78 is 21.4. The minimum absolute atomic E-state index is 0.0548. The Kier molecular flexibility index (Phi) is 7.26. The molecule has 0 aliphatic carbocycles. The first-order valence-electron chi connectivity index (χ1n) is 8.65. The average molecular weight is 387 g/mol. The minimum Gasteiger partial charge on any atom is -0.493 e. The van der Waals surface area contributed by atoms with Gasteiger partial charge in [-0.1, -0.05) is 30.3 Å². The Balaban J connectivity index is 2.24. The molecule has 0 saturated carbocycles. The number of carbonyl (C=O) groups excluding carboxylic acids is 2. The van der Waals surface area contributed by atoms with Crippen molar-refractivity contribution in [1.29, 1.82) is 0 Å². The number of rotatable bonds is 8. The van der Waals surface area contributed by atoms with Gasteiger partial charge in [0, 0.05) is 19.7 Å². The van der Waals surface area contributed by atoms with Gasteiger partial charge in [-0.05, 0) is 17.7 Å². The number of nitrogens with zero attached hydrogens (tertiary/aromatic N) is 1. The van der Waals surface area contributed by atoms with Crippen LogP contribution < -0.4 is 14.2 Å². The summed E-state index contributed by atoms with van der Waals surface area (Å²) in [4.78, 5) is 26.5. The van der Waals surface area contributed by atoms with E-state index >= 15 is 0 Å². The highest BCUT2D eigenvalue weighted by atomic mass is 16.5. The Labute approximate surface area is 164 Å². The highest BCUT2D eigenvalue weighted by Crippen LogP contribution is 2.38. The molecule has 0 spiro atoms. The van der Waals surface area contributed by atoms with Crippen molar-refractivity contribution in [3.05, 3.63) is 53.6 Å². The summed E-state index contributed by atoms with van der Waals surface area (Å²) in [6.07, 6.45) is -1.06. The van der Waals surface area contributed by atoms with Crippen molar-refractivity contribution in [3.63, 3.8) is 0 Å². The third-order valence-corrected chi connectivity index (χ3v) is 4.09. The number of ether oxygens (including phenoxy) is 4. The lowest BCUT2D eigenvalue weighted by Gasteiger charge is -2.21. The van der Waals surface area contributed by atoms with E-state index in [2.05, 4.69) is 0 Å². The summed E-state index contributed by atoms with van der Waals surface area (Å²) in [5, 5.41) is 0. The molecule has 1 atom stereocenters. The van der Waals surface area contributed by atoms with Gasteiger partial charge in [0.25, 0.3) is 5.91 Å². The first kappa shape index (κ1) is 21.1. The lowest BCUT2D eigenvalue weighted by molar-refractivity contribution is -0.159. The van der Waals surface area contributed by atoms with Crippen LogP contribution >= 0.6 is 0 Å². The van der Waals surface area contributed by atoms with Crippen molar-refractivity contribution in [3.8, 4) is 17.2 Å². The highest BCUT2D eigenvalue weighted by Gasteiger charge is 2.26. The molecule has 0 radical (unpaired) electrons. The molecule has 2 aromatic rings. The summed E-state index contributed by atoms with van der Waals surface area (Å²) in [5.41, 5.74) is 1.23. The number of likely N-dealkylation sites (N-methyl/N-ethyl adjacent to an activating group) is 1. The molecular formula is C21H25NO6. The van der Waals surface area contributed by atoms with E-state index in [9.17, 15) is 9.59 Å². The maximum Gasteiger partial charge on any atom is 0.311 e. The second-order valence-corrected chi connectivity index (χ2v) is 6.22. The molecule has 0 unspecified atom stereocenters. The van der Waals surface area contributed by atoms with Gasteiger partial charge in [0.05, 0.1) is 27.8 Å². The van der Waals surface area contributed by atoms with Crippen LogP contribution in [0.25, 0.3) is 0 Å². The van der Waals surface area contributed by atoms with Crippen LogP contribution in [-0.4, -0.2) is 52.2 Å². The quantitative estimate of drug-likeness (QED) is 0.649. The summed E-state index contributed by atoms with van der Waals surface area (Å²) in [5.74, 6) is 0.456. The van der Waals surface area contributed by atoms with E-state index in [-0.39, 0.29) is 12.3 Å². The summed E-state index contributed by atoms with van der Waals surface area (Å²) in [7, 11) is 7.74. The molecule has 2 aromatic carbocycles. The standard InChI is InChI=1S/C21H25NO6/c1-22(2)21(24)19(15-9-7-6-8-10-15)28-18(23)13-14-11-16(25-3)20(27-5)17(12-14)26-4/h6-12,19H,13H2,1-5H3/t19-/m1/s1. The second-order valence-electron chi connectivity index (χ2n) is 6.22. The van der Waals surface area contributed by atoms with Gasteiger partial charge in [-0.3, -0.25) is 9.59 Å². The lowest BCUT2D eigenvalue weighted by atomic mass is 10.1. The maximum atomic E-state index is 12.6. The first-order valence-corrected chi connectivity index (χ1v) is 8.65. The molecule has 7 nitrogen and oxygen atoms in total. The molecule has 28 heavy (non-hydrogen) atoms. The molecular weight excluding hydrogens is 362 g/mol. The van der Waals surface area contributed by atoms with Crippen molar-refractivity contribution in [2.45, 2.75) is 12.5 Å². The van der Waals surface area contributed by atoms with E-state index in [4.69, 9.17) is 18.9 Å². The summed E-state index contributed by atoms with van der Waals surface area (Å²) >= 11 is 0. The Bertz CT molecular complexity index is 794. The summed E-state index contributed by atoms with van der Waals surface area (Å²) in [6.45, 7) is 0. The monoisotopic (exact) mass is 387 g/mol. The molecule has 2 rings (SSSR count). The van der Waals surface area contributed by atoms with Gasteiger partial charge < -0.3 is 23.8 Å². The minimum atomic E-state index is -1.01. The molecule has 0 aliphatic rings. The van der Waals surface area contributed by atoms with Crippen LogP contribution in [0.1, 0.15) is 17.2 Å². The fraction of sp³-hybridized carbons (Fsp3) is 0.333. The van der Waals surface area contributed by atoms with Crippen LogP contribution in [0.15, 0.2) is 42.5 Å². The fourth-order valence-electron chi connectivity index (χ4n) is 2.70. The molecule has 0 heterocycles. The van der Waals surface area contributed by atoms with Gasteiger partial charge >= 0.3 is 5.97 Å². The van der Waals surface area contributed by atoms with Crippen molar-refractivity contribution in [2.24, 2.45) is 0 Å². The van der Waals surface area contributed by atoms with E-state index in [1.165, 1.54) is 26.2 Å². The molecule has 0 aliphatic heterocycles. The van der Waals surface area contributed by atoms with Crippen LogP contribution in [0.2, 0.25) is 0 Å². The SMILES string of the molecule is COc1cc(CC(=O)O[C@@H](C(=O)N(C)C)c2ccccc2)cc(OC)c1OC. The van der Waals surface area contributed by atoms with E-state index < -0.39 is 12.1 Å². The zero-order valence-corrected chi connectivity index (χ0v) is 16.7. The first-order chi connectivity index (χ1) is 13.4. The molecule has 7 heteroatoms. The van der Waals surface area contributed by atoms with Crippen LogP contribution in [0.5, 0.6) is 17.2 Å². The molecule has 1 amide bonds. The van der Waals surface area contributed by atoms with Gasteiger partial charge in [0.1, 0.15) is 0 Å². The molecule has 0 bridgehead atoms. The lowest BCUT2D eigenvalue weighted by Crippen LogP contribution is -2.31. The third kappa shape index (κ3) is 4.94.